The number of benzene rings is 1. The molecule has 0 aliphatic carbocycles. The first-order chi connectivity index (χ1) is 8.65. The average molecular weight is 245 g/mol. The van der Waals surface area contributed by atoms with Gasteiger partial charge in [0.05, 0.1) is 6.42 Å². The standard InChI is InChI=1S/C14H19N3O/c1-16-6-4-12(5-7-16)17-13-9-11(15)3-2-10(13)8-14(17)18/h2-3,9,12H,4-8,15H2,1H3. The molecule has 1 fully saturated rings. The van der Waals surface area contributed by atoms with Gasteiger partial charge in [-0.3, -0.25) is 4.79 Å². The van der Waals surface area contributed by atoms with Crippen molar-refractivity contribution < 1.29 is 4.79 Å². The van der Waals surface area contributed by atoms with Crippen molar-refractivity contribution >= 4 is 17.3 Å². The number of rotatable bonds is 1. The van der Waals surface area contributed by atoms with Gasteiger partial charge < -0.3 is 15.5 Å². The second-order valence-corrected chi connectivity index (χ2v) is 5.36. The molecule has 0 unspecified atom stereocenters. The summed E-state index contributed by atoms with van der Waals surface area (Å²) in [6, 6.07) is 6.15. The Morgan fingerprint density at radius 3 is 2.72 bits per heavy atom. The van der Waals surface area contributed by atoms with Gasteiger partial charge >= 0.3 is 0 Å². The summed E-state index contributed by atoms with van der Waals surface area (Å²) in [7, 11) is 2.13. The lowest BCUT2D eigenvalue weighted by atomic mass is 10.0. The number of hydrogen-bond donors (Lipinski definition) is 1. The fraction of sp³-hybridized carbons (Fsp3) is 0.500. The molecule has 2 heterocycles. The Kier molecular flexibility index (Phi) is 2.74. The molecule has 3 rings (SSSR count). The van der Waals surface area contributed by atoms with E-state index in [1.807, 2.05) is 23.1 Å². The highest BCUT2D eigenvalue weighted by Gasteiger charge is 2.34. The molecule has 1 saturated heterocycles. The highest BCUT2D eigenvalue weighted by atomic mass is 16.2. The van der Waals surface area contributed by atoms with Crippen LogP contribution in [0.25, 0.3) is 0 Å². The number of nitrogens with zero attached hydrogens (tertiary/aromatic N) is 2. The van der Waals surface area contributed by atoms with Gasteiger partial charge in [0.25, 0.3) is 0 Å². The van der Waals surface area contributed by atoms with Crippen LogP contribution in [0.15, 0.2) is 18.2 Å². The van der Waals surface area contributed by atoms with E-state index in [0.29, 0.717) is 12.5 Å². The molecule has 0 bridgehead atoms. The Morgan fingerprint density at radius 1 is 1.28 bits per heavy atom. The Hall–Kier alpha value is -1.55. The molecular weight excluding hydrogens is 226 g/mol. The highest BCUT2D eigenvalue weighted by molar-refractivity contribution is 6.02. The van der Waals surface area contributed by atoms with Crippen LogP contribution in [-0.4, -0.2) is 37.0 Å². The first kappa shape index (κ1) is 11.5. The molecule has 0 saturated carbocycles. The summed E-state index contributed by atoms with van der Waals surface area (Å²) in [4.78, 5) is 16.5. The molecule has 2 aliphatic rings. The molecule has 18 heavy (non-hydrogen) atoms. The largest absolute Gasteiger partial charge is 0.399 e. The van der Waals surface area contributed by atoms with E-state index in [1.165, 1.54) is 0 Å². The number of carbonyl (C=O) groups is 1. The van der Waals surface area contributed by atoms with Crippen LogP contribution < -0.4 is 10.6 Å². The van der Waals surface area contributed by atoms with Crippen LogP contribution >= 0.6 is 0 Å². The third-order valence-electron chi connectivity index (χ3n) is 4.03. The fourth-order valence-electron chi connectivity index (χ4n) is 2.99. The van der Waals surface area contributed by atoms with Gasteiger partial charge in [-0.25, -0.2) is 0 Å². The zero-order chi connectivity index (χ0) is 12.7. The molecule has 2 aliphatic heterocycles. The van der Waals surface area contributed by atoms with Gasteiger partial charge in [0.2, 0.25) is 5.91 Å². The van der Waals surface area contributed by atoms with Gasteiger partial charge in [-0.1, -0.05) is 6.07 Å². The van der Waals surface area contributed by atoms with Crippen molar-refractivity contribution in [3.05, 3.63) is 23.8 Å². The van der Waals surface area contributed by atoms with Crippen LogP contribution in [-0.2, 0) is 11.2 Å². The number of hydrogen-bond acceptors (Lipinski definition) is 3. The molecule has 1 aromatic carbocycles. The summed E-state index contributed by atoms with van der Waals surface area (Å²) < 4.78 is 0. The summed E-state index contributed by atoms with van der Waals surface area (Å²) in [5, 5.41) is 0. The molecular formula is C14H19N3O. The second kappa shape index (κ2) is 4.28. The Labute approximate surface area is 107 Å². The predicted molar refractivity (Wildman–Crippen MR) is 72.6 cm³/mol. The topological polar surface area (TPSA) is 49.6 Å². The summed E-state index contributed by atoms with van der Waals surface area (Å²) in [5.74, 6) is 0.227. The summed E-state index contributed by atoms with van der Waals surface area (Å²) in [5.41, 5.74) is 8.74. The van der Waals surface area contributed by atoms with Crippen molar-refractivity contribution in [2.24, 2.45) is 0 Å². The highest BCUT2D eigenvalue weighted by Crippen LogP contribution is 2.34. The molecule has 0 aromatic heterocycles. The predicted octanol–water partition coefficient (Wildman–Crippen LogP) is 1.25. The lowest BCUT2D eigenvalue weighted by molar-refractivity contribution is -0.118. The summed E-state index contributed by atoms with van der Waals surface area (Å²) >= 11 is 0. The third-order valence-corrected chi connectivity index (χ3v) is 4.03. The van der Waals surface area contributed by atoms with Gasteiger partial charge in [0.1, 0.15) is 0 Å². The lowest BCUT2D eigenvalue weighted by Crippen LogP contribution is -2.45. The zero-order valence-electron chi connectivity index (χ0n) is 10.7. The van der Waals surface area contributed by atoms with Crippen molar-refractivity contribution in [3.8, 4) is 0 Å². The number of fused-ring (bicyclic) bond motifs is 1. The van der Waals surface area contributed by atoms with E-state index < -0.39 is 0 Å². The van der Waals surface area contributed by atoms with Gasteiger partial charge in [0, 0.05) is 17.4 Å². The van der Waals surface area contributed by atoms with Gasteiger partial charge in [-0.05, 0) is 50.7 Å². The van der Waals surface area contributed by atoms with Gasteiger partial charge in [-0.2, -0.15) is 0 Å². The maximum absolute atomic E-state index is 12.2. The van der Waals surface area contributed by atoms with Crippen molar-refractivity contribution in [3.63, 3.8) is 0 Å². The van der Waals surface area contributed by atoms with E-state index in [2.05, 4.69) is 11.9 Å². The van der Waals surface area contributed by atoms with Crippen molar-refractivity contribution in [2.75, 3.05) is 30.8 Å². The Balaban J connectivity index is 1.89. The van der Waals surface area contributed by atoms with Gasteiger partial charge in [0.15, 0.2) is 0 Å². The van der Waals surface area contributed by atoms with Crippen LogP contribution in [0, 0.1) is 0 Å². The number of nitrogens with two attached hydrogens (primary N) is 1. The molecule has 1 amide bonds. The third kappa shape index (κ3) is 1.86. The van der Waals surface area contributed by atoms with Crippen molar-refractivity contribution in [1.82, 2.24) is 4.90 Å². The van der Waals surface area contributed by atoms with Crippen LogP contribution in [0.3, 0.4) is 0 Å². The number of piperidine rings is 1. The first-order valence-corrected chi connectivity index (χ1v) is 6.54. The molecule has 0 spiro atoms. The summed E-state index contributed by atoms with van der Waals surface area (Å²) in [6.07, 6.45) is 2.63. The number of anilines is 2. The van der Waals surface area contributed by atoms with Crippen molar-refractivity contribution in [2.45, 2.75) is 25.3 Å². The number of nitrogen functional groups attached to an aromatic ring is 1. The van der Waals surface area contributed by atoms with Gasteiger partial charge in [-0.15, -0.1) is 0 Å². The van der Waals surface area contributed by atoms with E-state index in [1.54, 1.807) is 0 Å². The molecule has 1 aromatic rings. The average Bonchev–Trinajstić information content (AvgIpc) is 2.66. The smallest absolute Gasteiger partial charge is 0.231 e. The fourth-order valence-corrected chi connectivity index (χ4v) is 2.99. The van der Waals surface area contributed by atoms with E-state index in [9.17, 15) is 4.79 Å². The van der Waals surface area contributed by atoms with Crippen molar-refractivity contribution in [1.29, 1.82) is 0 Å². The second-order valence-electron chi connectivity index (χ2n) is 5.36. The van der Waals surface area contributed by atoms with E-state index in [0.717, 1.165) is 42.9 Å². The maximum Gasteiger partial charge on any atom is 0.231 e. The molecule has 96 valence electrons. The first-order valence-electron chi connectivity index (χ1n) is 6.54. The molecule has 2 N–H and O–H groups in total. The minimum Gasteiger partial charge on any atom is -0.399 e. The minimum atomic E-state index is 0.227. The van der Waals surface area contributed by atoms with E-state index >= 15 is 0 Å². The lowest BCUT2D eigenvalue weighted by Gasteiger charge is -2.35. The van der Waals surface area contributed by atoms with Crippen LogP contribution in [0.5, 0.6) is 0 Å². The number of amides is 1. The normalized spacial score (nSPS) is 21.4. The monoisotopic (exact) mass is 245 g/mol. The zero-order valence-corrected chi connectivity index (χ0v) is 10.7. The van der Waals surface area contributed by atoms with E-state index in [-0.39, 0.29) is 5.91 Å². The Bertz CT molecular complexity index is 478. The molecule has 4 heteroatoms. The maximum atomic E-state index is 12.2. The minimum absolute atomic E-state index is 0.227. The Morgan fingerprint density at radius 2 is 2.00 bits per heavy atom. The van der Waals surface area contributed by atoms with Crippen LogP contribution in [0.4, 0.5) is 11.4 Å². The van der Waals surface area contributed by atoms with Crippen LogP contribution in [0.2, 0.25) is 0 Å². The summed E-state index contributed by atoms with van der Waals surface area (Å²) in [6.45, 7) is 2.12. The van der Waals surface area contributed by atoms with E-state index in [4.69, 9.17) is 5.73 Å². The number of carbonyl (C=O) groups excluding carboxylic acids is 1. The molecule has 4 nitrogen and oxygen atoms in total. The molecule has 0 atom stereocenters. The molecule has 0 radical (unpaired) electrons. The quantitative estimate of drug-likeness (QED) is 0.758. The number of likely N-dealkylation sites (tertiary alicyclic amines) is 1. The SMILES string of the molecule is CN1CCC(N2C(=O)Cc3ccc(N)cc32)CC1. The van der Waals surface area contributed by atoms with Crippen LogP contribution in [0.1, 0.15) is 18.4 Å².